The van der Waals surface area contributed by atoms with Crippen molar-refractivity contribution < 1.29 is 13.3 Å². The van der Waals surface area contributed by atoms with Crippen LogP contribution in [-0.4, -0.2) is 15.0 Å². The van der Waals surface area contributed by atoms with E-state index in [-0.39, 0.29) is 0 Å². The van der Waals surface area contributed by atoms with Crippen molar-refractivity contribution in [3.8, 4) is 90.0 Å². The Labute approximate surface area is 693 Å². The van der Waals surface area contributed by atoms with Crippen molar-refractivity contribution in [2.45, 2.75) is 0 Å². The summed E-state index contributed by atoms with van der Waals surface area (Å²) in [5.41, 5.74) is 20.8. The van der Waals surface area contributed by atoms with Crippen molar-refractivity contribution in [2.24, 2.45) is 0 Å². The van der Waals surface area contributed by atoms with E-state index in [2.05, 4.69) is 315 Å². The number of hydrogen-bond acceptors (Lipinski definition) is 6. The van der Waals surface area contributed by atoms with E-state index in [0.717, 1.165) is 82.3 Å². The molecule has 3 heterocycles. The van der Waals surface area contributed by atoms with Gasteiger partial charge in [0.15, 0.2) is 16.7 Å². The second-order valence-corrected chi connectivity index (χ2v) is 31.8. The molecule has 0 atom stereocenters. The fourth-order valence-corrected chi connectivity index (χ4v) is 19.5. The quantitative estimate of drug-likeness (QED) is 0.154. The van der Waals surface area contributed by atoms with Gasteiger partial charge in [0.1, 0.15) is 16.6 Å². The minimum atomic E-state index is 0.650. The lowest BCUT2D eigenvalue weighted by Crippen LogP contribution is -1.87. The van der Waals surface area contributed by atoms with Crippen LogP contribution in [0.2, 0.25) is 0 Å². The zero-order valence-electron chi connectivity index (χ0n) is 65.2. The first-order valence-electron chi connectivity index (χ1n) is 41.2. The molecule has 1 aliphatic rings. The average Bonchev–Trinajstić information content (AvgIpc) is 1.63. The van der Waals surface area contributed by atoms with Crippen molar-refractivity contribution in [1.82, 2.24) is 15.0 Å². The topological polar surface area (TPSA) is 78.1 Å². The molecule has 26 aromatic rings. The van der Waals surface area contributed by atoms with E-state index < -0.39 is 0 Å². The van der Waals surface area contributed by atoms with E-state index in [9.17, 15) is 0 Å². The molecule has 0 unspecified atom stereocenters. The van der Waals surface area contributed by atoms with Gasteiger partial charge in [-0.15, -0.1) is 0 Å². The number of nitrogens with zero attached hydrogens (tertiary/aromatic N) is 3. The van der Waals surface area contributed by atoms with Crippen LogP contribution in [0.5, 0.6) is 0 Å². The van der Waals surface area contributed by atoms with Crippen molar-refractivity contribution >= 4 is 173 Å². The van der Waals surface area contributed by atoms with E-state index in [4.69, 9.17) is 28.2 Å². The summed E-state index contributed by atoms with van der Waals surface area (Å²) in [6.07, 6.45) is 0. The molecule has 6 nitrogen and oxygen atoms in total. The predicted octanol–water partition coefficient (Wildman–Crippen LogP) is 32.1. The summed E-state index contributed by atoms with van der Waals surface area (Å²) in [6, 6.07) is 145. The molecule has 560 valence electrons. The summed E-state index contributed by atoms with van der Waals surface area (Å²) in [7, 11) is 0. The van der Waals surface area contributed by atoms with Gasteiger partial charge in [0.05, 0.1) is 0 Å². The highest BCUT2D eigenvalue weighted by atomic mass is 16.4. The SMILES string of the molecule is c1ccc(-c2nc3ccc4ccc5cc(-c6cc7c8ccccc8ccc7c7ccccc67)ccc5c4c3o2)cc1.c1ccc(-c2nc3ccc4ccc5cc(-c6cc7ccc8ccccc8c7c7ccccc67)ccc5c4c3o2)cc1.c1ccc(-c2nc3ccc4ccc5cc(-c6ccc7c8c(cccc68)-c6ccccc6-7)ccc5c4c3o2)cc1. The summed E-state index contributed by atoms with van der Waals surface area (Å²) < 4.78 is 19.2. The van der Waals surface area contributed by atoms with Gasteiger partial charge in [-0.2, -0.15) is 0 Å². The van der Waals surface area contributed by atoms with Gasteiger partial charge in [0.2, 0.25) is 17.7 Å². The first-order chi connectivity index (χ1) is 60.0. The molecule has 0 saturated carbocycles. The Morgan fingerprint density at radius 2 is 0.471 bits per heavy atom. The Morgan fingerprint density at radius 3 is 0.992 bits per heavy atom. The Morgan fingerprint density at radius 1 is 0.140 bits per heavy atom. The average molecular weight is 1540 g/mol. The molecule has 121 heavy (non-hydrogen) atoms. The van der Waals surface area contributed by atoms with Gasteiger partial charge >= 0.3 is 0 Å². The molecular formula is C115H67N3O3. The van der Waals surface area contributed by atoms with E-state index in [1.54, 1.807) is 0 Å². The molecule has 6 heteroatoms. The van der Waals surface area contributed by atoms with Crippen LogP contribution in [0.15, 0.2) is 420 Å². The molecule has 0 aliphatic heterocycles. The number of aromatic nitrogens is 3. The molecule has 0 amide bonds. The first-order valence-corrected chi connectivity index (χ1v) is 41.2. The van der Waals surface area contributed by atoms with Gasteiger partial charge < -0.3 is 13.3 Å². The Bertz CT molecular complexity index is 8820. The third kappa shape index (κ3) is 11.0. The van der Waals surface area contributed by atoms with Crippen molar-refractivity contribution in [3.63, 3.8) is 0 Å². The van der Waals surface area contributed by atoms with Crippen LogP contribution in [0.3, 0.4) is 0 Å². The number of oxazole rings is 3. The fourth-order valence-electron chi connectivity index (χ4n) is 19.5. The summed E-state index contributed by atoms with van der Waals surface area (Å²) in [6.45, 7) is 0. The van der Waals surface area contributed by atoms with Gasteiger partial charge in [-0.25, -0.2) is 15.0 Å². The third-order valence-corrected chi connectivity index (χ3v) is 25.1. The monoisotopic (exact) mass is 1540 g/mol. The Kier molecular flexibility index (Phi) is 15.3. The van der Waals surface area contributed by atoms with Crippen molar-refractivity contribution in [1.29, 1.82) is 0 Å². The smallest absolute Gasteiger partial charge is 0.227 e. The molecule has 23 aromatic carbocycles. The van der Waals surface area contributed by atoms with Crippen LogP contribution in [0.1, 0.15) is 0 Å². The van der Waals surface area contributed by atoms with Gasteiger partial charge in [-0.05, 0) is 264 Å². The number of benzene rings is 23. The molecule has 0 saturated heterocycles. The molecule has 0 bridgehead atoms. The number of hydrogen-bond donors (Lipinski definition) is 0. The molecule has 0 spiro atoms. The zero-order valence-corrected chi connectivity index (χ0v) is 65.2. The van der Waals surface area contributed by atoms with Crippen LogP contribution >= 0.6 is 0 Å². The van der Waals surface area contributed by atoms with Gasteiger partial charge in [-0.1, -0.05) is 322 Å². The molecule has 0 fully saturated rings. The lowest BCUT2D eigenvalue weighted by molar-refractivity contribution is 0.623. The van der Waals surface area contributed by atoms with Crippen molar-refractivity contribution in [2.75, 3.05) is 0 Å². The second-order valence-electron chi connectivity index (χ2n) is 31.8. The Balaban J connectivity index is 0.000000100. The van der Waals surface area contributed by atoms with Gasteiger partial charge in [0.25, 0.3) is 0 Å². The highest BCUT2D eigenvalue weighted by Crippen LogP contribution is 2.51. The predicted molar refractivity (Wildman–Crippen MR) is 507 cm³/mol. The molecular weight excluding hydrogens is 1470 g/mol. The van der Waals surface area contributed by atoms with Crippen LogP contribution in [0, 0.1) is 0 Å². The van der Waals surface area contributed by atoms with Gasteiger partial charge in [0, 0.05) is 32.8 Å². The Hall–Kier alpha value is -16.2. The largest absolute Gasteiger partial charge is 0.435 e. The van der Waals surface area contributed by atoms with Crippen LogP contribution in [-0.2, 0) is 0 Å². The first kappa shape index (κ1) is 68.1. The van der Waals surface area contributed by atoms with E-state index in [1.165, 1.54) is 163 Å². The fraction of sp³-hybridized carbons (Fsp3) is 0. The minimum absolute atomic E-state index is 0.650. The third-order valence-electron chi connectivity index (χ3n) is 25.1. The molecule has 27 rings (SSSR count). The summed E-state index contributed by atoms with van der Waals surface area (Å²) >= 11 is 0. The van der Waals surface area contributed by atoms with Crippen molar-refractivity contribution in [3.05, 3.63) is 406 Å². The lowest BCUT2D eigenvalue weighted by Gasteiger charge is -2.14. The second kappa shape index (κ2) is 27.2. The molecule has 0 N–H and O–H groups in total. The van der Waals surface area contributed by atoms with Crippen LogP contribution in [0.25, 0.3) is 263 Å². The molecule has 0 radical (unpaired) electrons. The van der Waals surface area contributed by atoms with E-state index in [1.807, 2.05) is 91.0 Å². The standard InChI is InChI=1S/2C39H23NO.C37H21NO/c1-2-9-26(10-3-1)39-40-35-21-19-25-15-16-27-22-28(18-20-31(27)37(25)38(35)41-39)34-23-29-17-14-24-8-4-5-11-30(24)36(29)33-13-7-6-12-32(33)34;1-2-9-26(10-3-1)39-40-36-21-18-25-14-15-27-22-28(17-19-30(27)37(25)38(36)41-39)34-23-35-29-11-5-4-8-24(29)16-20-33(35)31-12-6-7-13-32(31)34;1-2-7-23(8-3-1)37-38-33-20-16-22-13-14-25-21-24(15-17-27(25)34(22)36(33)39-37)26-18-19-32-29-10-5-4-9-28(29)31-12-6-11-30(26)35(31)32/h2*1-23H;1-21H. The number of rotatable bonds is 6. The van der Waals surface area contributed by atoms with E-state index in [0.29, 0.717) is 17.7 Å². The van der Waals surface area contributed by atoms with Crippen LogP contribution in [0.4, 0.5) is 0 Å². The zero-order chi connectivity index (χ0) is 79.3. The maximum atomic E-state index is 6.43. The van der Waals surface area contributed by atoms with Crippen LogP contribution < -0.4 is 0 Å². The van der Waals surface area contributed by atoms with Gasteiger partial charge in [-0.3, -0.25) is 0 Å². The lowest BCUT2D eigenvalue weighted by atomic mass is 9.89. The highest BCUT2D eigenvalue weighted by Gasteiger charge is 2.25. The molecule has 1 aliphatic carbocycles. The maximum absolute atomic E-state index is 6.43. The normalized spacial score (nSPS) is 12.0. The maximum Gasteiger partial charge on any atom is 0.227 e. The minimum Gasteiger partial charge on any atom is -0.435 e. The summed E-state index contributed by atoms with van der Waals surface area (Å²) in [5, 5.41) is 31.9. The summed E-state index contributed by atoms with van der Waals surface area (Å²) in [4.78, 5) is 14.5. The molecule has 3 aromatic heterocycles. The van der Waals surface area contributed by atoms with E-state index >= 15 is 0 Å². The highest BCUT2D eigenvalue weighted by molar-refractivity contribution is 6.27. The number of fused-ring (bicyclic) bond motifs is 28. The summed E-state index contributed by atoms with van der Waals surface area (Å²) in [5.74, 6) is 1.95.